The van der Waals surface area contributed by atoms with E-state index in [1.807, 2.05) is 30.3 Å². The average molecular weight is 587 g/mol. The summed E-state index contributed by atoms with van der Waals surface area (Å²) >= 11 is 0. The van der Waals surface area contributed by atoms with Crippen molar-refractivity contribution in [3.8, 4) is 39.7 Å². The van der Waals surface area contributed by atoms with Crippen LogP contribution in [0, 0.1) is 0 Å². The van der Waals surface area contributed by atoms with Crippen LogP contribution in [0.4, 0.5) is 0 Å². The lowest BCUT2D eigenvalue weighted by Crippen LogP contribution is -2.03. The normalized spacial score (nSPS) is 20.2. The summed E-state index contributed by atoms with van der Waals surface area (Å²) < 4.78 is 40.8. The standard InChI is InChI=1S/C37H30O7/c1-2-4-31-30(3-1)33-15-26(40-18-29-21-43-29)13-14-32(33)37-35(31)34(22-5-9-24(10-6-22)38-16-27-19-41-27)36(44-37)23-7-11-25(12-8-23)39-17-28-20-42-28/h1-15,27-29H,16-21H2. The molecule has 3 fully saturated rings. The zero-order chi connectivity index (χ0) is 29.0. The van der Waals surface area contributed by atoms with Crippen LogP contribution in [-0.2, 0) is 14.2 Å². The molecule has 7 nitrogen and oxygen atoms in total. The molecule has 220 valence electrons. The second-order valence-electron chi connectivity index (χ2n) is 11.6. The Morgan fingerprint density at radius 3 is 1.64 bits per heavy atom. The Bertz CT molecular complexity index is 1980. The molecule has 3 unspecified atom stereocenters. The van der Waals surface area contributed by atoms with Crippen molar-refractivity contribution in [3.63, 3.8) is 0 Å². The van der Waals surface area contributed by atoms with E-state index in [-0.39, 0.29) is 18.3 Å². The monoisotopic (exact) mass is 586 g/mol. The van der Waals surface area contributed by atoms with Gasteiger partial charge in [0.25, 0.3) is 0 Å². The van der Waals surface area contributed by atoms with E-state index < -0.39 is 0 Å². The summed E-state index contributed by atoms with van der Waals surface area (Å²) in [5.74, 6) is 3.26. The van der Waals surface area contributed by atoms with Gasteiger partial charge in [0.2, 0.25) is 0 Å². The number of rotatable bonds is 11. The lowest BCUT2D eigenvalue weighted by molar-refractivity contribution is 0.263. The number of epoxide rings is 3. The highest BCUT2D eigenvalue weighted by atomic mass is 16.6. The smallest absolute Gasteiger partial charge is 0.143 e. The second-order valence-corrected chi connectivity index (χ2v) is 11.6. The van der Waals surface area contributed by atoms with Crippen molar-refractivity contribution in [2.24, 2.45) is 0 Å². The van der Waals surface area contributed by atoms with Crippen LogP contribution >= 0.6 is 0 Å². The zero-order valence-corrected chi connectivity index (χ0v) is 24.0. The molecule has 9 rings (SSSR count). The van der Waals surface area contributed by atoms with Crippen molar-refractivity contribution in [2.45, 2.75) is 18.3 Å². The van der Waals surface area contributed by atoms with Gasteiger partial charge in [0, 0.05) is 21.9 Å². The Morgan fingerprint density at radius 2 is 1.05 bits per heavy atom. The quantitative estimate of drug-likeness (QED) is 0.116. The van der Waals surface area contributed by atoms with Crippen molar-refractivity contribution in [1.29, 1.82) is 0 Å². The van der Waals surface area contributed by atoms with Gasteiger partial charge in [-0.1, -0.05) is 36.4 Å². The van der Waals surface area contributed by atoms with Gasteiger partial charge < -0.3 is 32.8 Å². The van der Waals surface area contributed by atoms with Crippen molar-refractivity contribution in [1.82, 2.24) is 0 Å². The van der Waals surface area contributed by atoms with Crippen LogP contribution in [0.1, 0.15) is 0 Å². The molecular weight excluding hydrogens is 556 g/mol. The SMILES string of the molecule is c1ccc2c(c1)c1cc(OCC3CO3)ccc1c1oc(-c3ccc(OCC4CO4)cc3)c(-c3ccc(OCC4CO4)cc3)c21. The summed E-state index contributed by atoms with van der Waals surface area (Å²) in [6.07, 6.45) is 0.600. The average Bonchev–Trinajstić information content (AvgIpc) is 3.94. The van der Waals surface area contributed by atoms with Crippen LogP contribution in [-0.4, -0.2) is 58.0 Å². The molecule has 4 heterocycles. The molecule has 0 bridgehead atoms. The first kappa shape index (κ1) is 25.9. The van der Waals surface area contributed by atoms with E-state index >= 15 is 0 Å². The third kappa shape index (κ3) is 5.03. The minimum Gasteiger partial charge on any atom is -0.491 e. The molecule has 3 aliphatic heterocycles. The molecule has 3 atom stereocenters. The van der Waals surface area contributed by atoms with Crippen LogP contribution in [0.15, 0.2) is 95.4 Å². The molecule has 0 N–H and O–H groups in total. The van der Waals surface area contributed by atoms with E-state index in [1.54, 1.807) is 0 Å². The molecule has 3 saturated heterocycles. The first-order valence-electron chi connectivity index (χ1n) is 15.1. The molecule has 6 aromatic rings. The molecule has 5 aromatic carbocycles. The van der Waals surface area contributed by atoms with Gasteiger partial charge in [0.1, 0.15) is 66.7 Å². The first-order chi connectivity index (χ1) is 21.8. The summed E-state index contributed by atoms with van der Waals surface area (Å²) in [5, 5.41) is 5.47. The van der Waals surface area contributed by atoms with Crippen molar-refractivity contribution >= 4 is 32.5 Å². The summed E-state index contributed by atoms with van der Waals surface area (Å²) in [4.78, 5) is 0. The molecule has 0 spiro atoms. The molecule has 0 radical (unpaired) electrons. The van der Waals surface area contributed by atoms with Crippen LogP contribution < -0.4 is 14.2 Å². The van der Waals surface area contributed by atoms with Crippen molar-refractivity contribution in [2.75, 3.05) is 39.6 Å². The van der Waals surface area contributed by atoms with Gasteiger partial charge in [-0.05, 0) is 76.3 Å². The van der Waals surface area contributed by atoms with E-state index in [2.05, 4.69) is 60.7 Å². The largest absolute Gasteiger partial charge is 0.491 e. The molecular formula is C37H30O7. The molecule has 0 aliphatic carbocycles. The highest BCUT2D eigenvalue weighted by Crippen LogP contribution is 2.48. The topological polar surface area (TPSA) is 78.4 Å². The fraction of sp³-hybridized carbons (Fsp3) is 0.243. The van der Waals surface area contributed by atoms with Crippen LogP contribution in [0.2, 0.25) is 0 Å². The highest BCUT2D eigenvalue weighted by molar-refractivity contribution is 6.28. The maximum atomic E-state index is 6.91. The Hall–Kier alpha value is -4.56. The van der Waals surface area contributed by atoms with Crippen LogP contribution in [0.5, 0.6) is 17.2 Å². The van der Waals surface area contributed by atoms with Crippen molar-refractivity contribution < 1.29 is 32.8 Å². The summed E-state index contributed by atoms with van der Waals surface area (Å²) in [7, 11) is 0. The van der Waals surface area contributed by atoms with E-state index in [1.165, 1.54) is 0 Å². The van der Waals surface area contributed by atoms with Gasteiger partial charge >= 0.3 is 0 Å². The predicted octanol–water partition coefficient (Wildman–Crippen LogP) is 7.41. The van der Waals surface area contributed by atoms with Gasteiger partial charge in [-0.2, -0.15) is 0 Å². The molecule has 1 aromatic heterocycles. The fourth-order valence-corrected chi connectivity index (χ4v) is 5.81. The molecule has 44 heavy (non-hydrogen) atoms. The molecule has 0 amide bonds. The van der Waals surface area contributed by atoms with Crippen molar-refractivity contribution in [3.05, 3.63) is 91.0 Å². The fourth-order valence-electron chi connectivity index (χ4n) is 5.81. The van der Waals surface area contributed by atoms with E-state index in [9.17, 15) is 0 Å². The predicted molar refractivity (Wildman–Crippen MR) is 168 cm³/mol. The molecule has 3 aliphatic rings. The number of fused-ring (bicyclic) bond motifs is 6. The Kier molecular flexibility index (Phi) is 6.21. The van der Waals surface area contributed by atoms with E-state index in [0.717, 1.165) is 92.0 Å². The third-order valence-electron chi connectivity index (χ3n) is 8.40. The number of hydrogen-bond donors (Lipinski definition) is 0. The minimum absolute atomic E-state index is 0.192. The molecule has 7 heteroatoms. The number of benzene rings is 5. The summed E-state index contributed by atoms with van der Waals surface area (Å²) in [5.41, 5.74) is 3.91. The first-order valence-corrected chi connectivity index (χ1v) is 15.1. The maximum absolute atomic E-state index is 6.91. The van der Waals surface area contributed by atoms with E-state index in [0.29, 0.717) is 19.8 Å². The minimum atomic E-state index is 0.192. The number of hydrogen-bond acceptors (Lipinski definition) is 7. The lowest BCUT2D eigenvalue weighted by Gasteiger charge is -2.11. The second kappa shape index (κ2) is 10.6. The maximum Gasteiger partial charge on any atom is 0.143 e. The summed E-state index contributed by atoms with van der Waals surface area (Å²) in [6.45, 7) is 3.98. The zero-order valence-electron chi connectivity index (χ0n) is 24.0. The van der Waals surface area contributed by atoms with Gasteiger partial charge in [-0.25, -0.2) is 0 Å². The lowest BCUT2D eigenvalue weighted by atomic mass is 9.92. The molecule has 0 saturated carbocycles. The summed E-state index contributed by atoms with van der Waals surface area (Å²) in [6, 6.07) is 31.1. The van der Waals surface area contributed by atoms with Gasteiger partial charge in [-0.3, -0.25) is 0 Å². The Balaban J connectivity index is 1.21. The van der Waals surface area contributed by atoms with Crippen LogP contribution in [0.3, 0.4) is 0 Å². The van der Waals surface area contributed by atoms with E-state index in [4.69, 9.17) is 32.8 Å². The van der Waals surface area contributed by atoms with Gasteiger partial charge in [0.05, 0.1) is 19.8 Å². The highest BCUT2D eigenvalue weighted by Gasteiger charge is 2.26. The third-order valence-corrected chi connectivity index (χ3v) is 8.40. The number of ether oxygens (including phenoxy) is 6. The Labute approximate surface area is 253 Å². The number of furan rings is 1. The van der Waals surface area contributed by atoms with Gasteiger partial charge in [-0.15, -0.1) is 0 Å². The van der Waals surface area contributed by atoms with Crippen LogP contribution in [0.25, 0.3) is 55.0 Å². The Morgan fingerprint density at radius 1 is 0.523 bits per heavy atom. The van der Waals surface area contributed by atoms with Gasteiger partial charge in [0.15, 0.2) is 0 Å².